The number of nitrogens with two attached hydrogens (primary N) is 1. The highest BCUT2D eigenvalue weighted by molar-refractivity contribution is 6.31. The summed E-state index contributed by atoms with van der Waals surface area (Å²) in [6.45, 7) is 4.92. The van der Waals surface area contributed by atoms with Gasteiger partial charge in [-0.3, -0.25) is 20.4 Å². The minimum absolute atomic E-state index is 0.0522. The molecule has 1 aromatic heterocycles. The van der Waals surface area contributed by atoms with Crippen molar-refractivity contribution in [1.29, 1.82) is 5.41 Å². The van der Waals surface area contributed by atoms with Gasteiger partial charge in [0.15, 0.2) is 5.82 Å². The number of benzene rings is 1. The number of rotatable bonds is 9. The summed E-state index contributed by atoms with van der Waals surface area (Å²) in [5, 5.41) is 15.0. The number of hydrogen-bond donors (Lipinski definition) is 6. The van der Waals surface area contributed by atoms with Crippen molar-refractivity contribution < 1.29 is 9.18 Å². The lowest BCUT2D eigenvalue weighted by Gasteiger charge is -2.35. The number of amidine groups is 1. The van der Waals surface area contributed by atoms with Crippen molar-refractivity contribution in [2.45, 2.75) is 12.8 Å². The third-order valence-corrected chi connectivity index (χ3v) is 5.66. The highest BCUT2D eigenvalue weighted by Gasteiger charge is 2.20. The first-order valence-electron chi connectivity index (χ1n) is 11.0. The molecule has 2 heterocycles. The molecule has 0 aliphatic carbocycles. The number of nitrogens with zero attached hydrogens (tertiary/aromatic N) is 3. The molecule has 0 bridgehead atoms. The second kappa shape index (κ2) is 12.3. The molecule has 1 aromatic carbocycles. The molecular formula is C21H29ClFN9O2. The normalized spacial score (nSPS) is 14.0. The van der Waals surface area contributed by atoms with Crippen LogP contribution in [0.4, 0.5) is 26.5 Å². The Kier molecular flexibility index (Phi) is 9.19. The van der Waals surface area contributed by atoms with Gasteiger partial charge in [-0.2, -0.15) is 4.98 Å². The van der Waals surface area contributed by atoms with Crippen LogP contribution in [-0.4, -0.2) is 72.5 Å². The third kappa shape index (κ3) is 7.14. The zero-order chi connectivity index (χ0) is 24.5. The zero-order valence-electron chi connectivity index (χ0n) is 18.7. The Hall–Kier alpha value is -3.22. The van der Waals surface area contributed by atoms with E-state index in [1.165, 1.54) is 24.4 Å². The van der Waals surface area contributed by atoms with Gasteiger partial charge in [0, 0.05) is 38.9 Å². The Bertz CT molecular complexity index is 1060. The minimum Gasteiger partial charge on any atom is -0.373 e. The predicted molar refractivity (Wildman–Crippen MR) is 132 cm³/mol. The molecule has 0 radical (unpaired) electrons. The number of urea groups is 1. The van der Waals surface area contributed by atoms with Crippen molar-refractivity contribution in [2.24, 2.45) is 5.73 Å². The van der Waals surface area contributed by atoms with Crippen molar-refractivity contribution in [1.82, 2.24) is 20.2 Å². The van der Waals surface area contributed by atoms with Gasteiger partial charge in [0.25, 0.3) is 5.56 Å². The number of carbonyl (C=O) groups is 1. The SMILES string of the molecule is N=C(CN)NCCCCN1CCN(c2c[nH]c(NC(=O)Nc3cccc(Cl)c3F)nc2=O)CC1. The highest BCUT2D eigenvalue weighted by Crippen LogP contribution is 2.22. The summed E-state index contributed by atoms with van der Waals surface area (Å²) >= 11 is 5.70. The quantitative estimate of drug-likeness (QED) is 0.176. The fraction of sp³-hybridized carbons (Fsp3) is 0.429. The van der Waals surface area contributed by atoms with Crippen LogP contribution in [0.2, 0.25) is 5.02 Å². The molecule has 13 heteroatoms. The summed E-state index contributed by atoms with van der Waals surface area (Å²) in [6.07, 6.45) is 3.48. The molecule has 184 valence electrons. The Balaban J connectivity index is 1.45. The Labute approximate surface area is 201 Å². The molecule has 1 fully saturated rings. The van der Waals surface area contributed by atoms with E-state index in [2.05, 4.69) is 30.8 Å². The lowest BCUT2D eigenvalue weighted by molar-refractivity contribution is 0.253. The van der Waals surface area contributed by atoms with Crippen LogP contribution in [-0.2, 0) is 0 Å². The van der Waals surface area contributed by atoms with Crippen LogP contribution >= 0.6 is 11.6 Å². The Morgan fingerprint density at radius 2 is 2.00 bits per heavy atom. The van der Waals surface area contributed by atoms with Gasteiger partial charge in [-0.1, -0.05) is 17.7 Å². The Morgan fingerprint density at radius 1 is 1.24 bits per heavy atom. The average Bonchev–Trinajstić information content (AvgIpc) is 2.82. The summed E-state index contributed by atoms with van der Waals surface area (Å²) < 4.78 is 13.9. The van der Waals surface area contributed by atoms with Gasteiger partial charge in [0.05, 0.1) is 17.3 Å². The molecule has 34 heavy (non-hydrogen) atoms. The van der Waals surface area contributed by atoms with E-state index in [4.69, 9.17) is 22.7 Å². The number of amides is 2. The van der Waals surface area contributed by atoms with Crippen LogP contribution in [0, 0.1) is 11.2 Å². The average molecular weight is 494 g/mol. The fourth-order valence-electron chi connectivity index (χ4n) is 3.53. The van der Waals surface area contributed by atoms with E-state index in [-0.39, 0.29) is 23.2 Å². The van der Waals surface area contributed by atoms with Crippen molar-refractivity contribution in [2.75, 3.05) is 61.3 Å². The van der Waals surface area contributed by atoms with Crippen LogP contribution in [0.1, 0.15) is 12.8 Å². The molecule has 2 aromatic rings. The van der Waals surface area contributed by atoms with E-state index in [9.17, 15) is 14.0 Å². The van der Waals surface area contributed by atoms with Crippen LogP contribution in [0.5, 0.6) is 0 Å². The number of piperazine rings is 1. The van der Waals surface area contributed by atoms with E-state index in [1.807, 2.05) is 4.90 Å². The maximum atomic E-state index is 13.9. The molecule has 2 amide bonds. The largest absolute Gasteiger partial charge is 0.373 e. The zero-order valence-corrected chi connectivity index (χ0v) is 19.4. The number of aromatic nitrogens is 2. The van der Waals surface area contributed by atoms with Gasteiger partial charge < -0.3 is 26.3 Å². The number of unbranched alkanes of at least 4 members (excludes halogenated alkanes) is 1. The van der Waals surface area contributed by atoms with Crippen molar-refractivity contribution in [3.8, 4) is 0 Å². The van der Waals surface area contributed by atoms with Crippen LogP contribution in [0.3, 0.4) is 0 Å². The standard InChI is InChI=1S/C21H29ClFN9O2/c22-14-4-3-5-15(18(14)23)28-21(34)30-20-27-13-16(19(33)29-20)32-10-8-31(9-11-32)7-2-1-6-26-17(25)12-24/h3-5,13H,1-2,6-12,24H2,(H2,25,26)(H3,27,28,29,30,33,34). The minimum atomic E-state index is -0.763. The van der Waals surface area contributed by atoms with E-state index < -0.39 is 17.4 Å². The number of carbonyl (C=O) groups excluding carboxylic acids is 1. The molecule has 11 nitrogen and oxygen atoms in total. The van der Waals surface area contributed by atoms with Gasteiger partial charge in [-0.25, -0.2) is 9.18 Å². The van der Waals surface area contributed by atoms with Gasteiger partial charge >= 0.3 is 6.03 Å². The van der Waals surface area contributed by atoms with Crippen LogP contribution in [0.25, 0.3) is 0 Å². The summed E-state index contributed by atoms with van der Waals surface area (Å²) in [7, 11) is 0. The van der Waals surface area contributed by atoms with Gasteiger partial charge in [-0.05, 0) is 31.5 Å². The maximum Gasteiger partial charge on any atom is 0.326 e. The maximum absolute atomic E-state index is 13.9. The number of anilines is 3. The van der Waals surface area contributed by atoms with Crippen molar-refractivity contribution >= 4 is 40.8 Å². The van der Waals surface area contributed by atoms with Crippen molar-refractivity contribution in [3.05, 3.63) is 45.6 Å². The first-order chi connectivity index (χ1) is 16.4. The smallest absolute Gasteiger partial charge is 0.326 e. The molecule has 1 aliphatic rings. The fourth-order valence-corrected chi connectivity index (χ4v) is 3.70. The summed E-state index contributed by atoms with van der Waals surface area (Å²) in [4.78, 5) is 35.6. The lowest BCUT2D eigenvalue weighted by Crippen LogP contribution is -2.48. The second-order valence-electron chi connectivity index (χ2n) is 7.77. The van der Waals surface area contributed by atoms with E-state index >= 15 is 0 Å². The van der Waals surface area contributed by atoms with E-state index in [0.29, 0.717) is 24.6 Å². The van der Waals surface area contributed by atoms with E-state index in [1.54, 1.807) is 0 Å². The topological polar surface area (TPSA) is 155 Å². The predicted octanol–water partition coefficient (Wildman–Crippen LogP) is 1.63. The molecular weight excluding hydrogens is 465 g/mol. The molecule has 3 rings (SSSR count). The number of hydrogen-bond acceptors (Lipinski definition) is 7. The monoisotopic (exact) mass is 493 g/mol. The summed E-state index contributed by atoms with van der Waals surface area (Å²) in [5.41, 5.74) is 5.25. The lowest BCUT2D eigenvalue weighted by atomic mass is 10.2. The molecule has 7 N–H and O–H groups in total. The number of halogens is 2. The first kappa shape index (κ1) is 25.4. The highest BCUT2D eigenvalue weighted by atomic mass is 35.5. The van der Waals surface area contributed by atoms with Gasteiger partial charge in [0.1, 0.15) is 11.5 Å². The number of H-pyrrole nitrogens is 1. The van der Waals surface area contributed by atoms with Gasteiger partial charge in [0.2, 0.25) is 5.95 Å². The summed E-state index contributed by atoms with van der Waals surface area (Å²) in [6, 6.07) is 3.47. The molecule has 1 saturated heterocycles. The Morgan fingerprint density at radius 3 is 2.71 bits per heavy atom. The number of aromatic amines is 1. The van der Waals surface area contributed by atoms with Crippen LogP contribution in [0.15, 0.2) is 29.2 Å². The molecule has 0 atom stereocenters. The number of nitrogens with one attached hydrogen (secondary N) is 5. The van der Waals surface area contributed by atoms with Crippen molar-refractivity contribution in [3.63, 3.8) is 0 Å². The summed E-state index contributed by atoms with van der Waals surface area (Å²) in [5.74, 6) is -0.452. The third-order valence-electron chi connectivity index (χ3n) is 5.37. The molecule has 1 aliphatic heterocycles. The molecule has 0 spiro atoms. The van der Waals surface area contributed by atoms with Gasteiger partial charge in [-0.15, -0.1) is 0 Å². The first-order valence-corrected chi connectivity index (χ1v) is 11.4. The second-order valence-corrected chi connectivity index (χ2v) is 8.17. The van der Waals surface area contributed by atoms with Crippen LogP contribution < -0.4 is 32.1 Å². The molecule has 0 saturated carbocycles. The van der Waals surface area contributed by atoms with E-state index in [0.717, 1.165) is 39.0 Å². The molecule has 0 unspecified atom stereocenters.